The molecule has 6 heteroatoms. The molecule has 0 spiro atoms. The van der Waals surface area contributed by atoms with Crippen LogP contribution in [0.3, 0.4) is 0 Å². The van der Waals surface area contributed by atoms with E-state index in [4.69, 9.17) is 0 Å². The van der Waals surface area contributed by atoms with E-state index in [1.165, 1.54) is 7.11 Å². The topological polar surface area (TPSA) is 41.6 Å². The second-order valence-electron chi connectivity index (χ2n) is 3.27. The van der Waals surface area contributed by atoms with Gasteiger partial charge in [0.2, 0.25) is 0 Å². The molecule has 0 aromatic carbocycles. The van der Waals surface area contributed by atoms with Crippen molar-refractivity contribution in [2.24, 2.45) is 0 Å². The van der Waals surface area contributed by atoms with Crippen LogP contribution in [0.1, 0.15) is 12.8 Å². The van der Waals surface area contributed by atoms with Crippen LogP contribution in [0.4, 0.5) is 0 Å². The molecule has 1 aliphatic heterocycles. The molecular weight excluding hydrogens is 239 g/mol. The number of rotatable bonds is 4. The van der Waals surface area contributed by atoms with Crippen molar-refractivity contribution in [1.29, 1.82) is 0 Å². The van der Waals surface area contributed by atoms with E-state index < -0.39 is 0 Å². The number of nitrogens with zero attached hydrogens (tertiary/aromatic N) is 1. The molecule has 1 N–H and O–H groups in total. The quantitative estimate of drug-likeness (QED) is 0.754. The van der Waals surface area contributed by atoms with Crippen LogP contribution < -0.4 is 5.32 Å². The normalized spacial score (nSPS) is 16.1. The van der Waals surface area contributed by atoms with E-state index in [2.05, 4.69) is 15.0 Å². The van der Waals surface area contributed by atoms with Gasteiger partial charge in [-0.3, -0.25) is 4.79 Å². The molecule has 0 saturated carbocycles. The van der Waals surface area contributed by atoms with Gasteiger partial charge in [0.05, 0.1) is 7.11 Å². The van der Waals surface area contributed by atoms with Crippen molar-refractivity contribution in [3.63, 3.8) is 0 Å². The van der Waals surface area contributed by atoms with E-state index >= 15 is 0 Å². The summed E-state index contributed by atoms with van der Waals surface area (Å²) >= 11 is 0. The summed E-state index contributed by atoms with van der Waals surface area (Å²) < 4.78 is 4.57. The van der Waals surface area contributed by atoms with Crippen LogP contribution in [0.15, 0.2) is 0 Å². The Labute approximate surface area is 104 Å². The van der Waals surface area contributed by atoms with Gasteiger partial charge in [-0.1, -0.05) is 0 Å². The summed E-state index contributed by atoms with van der Waals surface area (Å²) in [6.07, 6.45) is 1.45. The van der Waals surface area contributed by atoms with E-state index in [1.54, 1.807) is 0 Å². The molecule has 0 aromatic heterocycles. The van der Waals surface area contributed by atoms with E-state index in [9.17, 15) is 4.79 Å². The summed E-state index contributed by atoms with van der Waals surface area (Å²) in [5.74, 6) is -0.102. The Balaban J connectivity index is 0. The van der Waals surface area contributed by atoms with E-state index in [1.807, 2.05) is 0 Å². The largest absolute Gasteiger partial charge is 0.469 e. The summed E-state index contributed by atoms with van der Waals surface area (Å²) in [6, 6.07) is 0. The second-order valence-corrected chi connectivity index (χ2v) is 3.27. The highest BCUT2D eigenvalue weighted by Crippen LogP contribution is 1.98. The number of carbonyl (C=O) groups is 1. The maximum absolute atomic E-state index is 10.8. The maximum Gasteiger partial charge on any atom is 0.305 e. The van der Waals surface area contributed by atoms with Crippen LogP contribution in [0, 0.1) is 0 Å². The fourth-order valence-corrected chi connectivity index (χ4v) is 1.48. The van der Waals surface area contributed by atoms with Crippen molar-refractivity contribution < 1.29 is 9.53 Å². The molecule has 0 radical (unpaired) electrons. The third kappa shape index (κ3) is 7.85. The minimum absolute atomic E-state index is 0. The number of nitrogens with one attached hydrogen (secondary N) is 1. The van der Waals surface area contributed by atoms with Gasteiger partial charge in [-0.05, 0) is 13.0 Å². The number of hydrogen-bond acceptors (Lipinski definition) is 4. The monoisotopic (exact) mass is 258 g/mol. The first-order valence-electron chi connectivity index (χ1n) is 4.83. The standard InChI is InChI=1S/C9H18N2O2.2ClH/c1-13-9(12)3-2-6-11-7-4-10-5-8-11;;/h10H,2-8H2,1H3;2*1H. The lowest BCUT2D eigenvalue weighted by Crippen LogP contribution is -2.43. The fraction of sp³-hybridized carbons (Fsp3) is 0.889. The van der Waals surface area contributed by atoms with Gasteiger partial charge >= 0.3 is 5.97 Å². The van der Waals surface area contributed by atoms with Gasteiger partial charge in [0.15, 0.2) is 0 Å². The predicted octanol–water partition coefficient (Wildman–Crippen LogP) is 0.688. The van der Waals surface area contributed by atoms with Gasteiger partial charge in [0.1, 0.15) is 0 Å². The zero-order valence-corrected chi connectivity index (χ0v) is 10.7. The van der Waals surface area contributed by atoms with Gasteiger partial charge < -0.3 is 15.0 Å². The highest BCUT2D eigenvalue weighted by Gasteiger charge is 2.09. The Morgan fingerprint density at radius 2 is 1.93 bits per heavy atom. The number of carbonyl (C=O) groups excluding carboxylic acids is 1. The molecule has 92 valence electrons. The molecule has 0 amide bonds. The highest BCUT2D eigenvalue weighted by molar-refractivity contribution is 5.85. The Morgan fingerprint density at radius 1 is 1.33 bits per heavy atom. The smallest absolute Gasteiger partial charge is 0.305 e. The lowest BCUT2D eigenvalue weighted by molar-refractivity contribution is -0.140. The molecule has 4 nitrogen and oxygen atoms in total. The molecule has 1 aliphatic rings. The van der Waals surface area contributed by atoms with E-state index in [0.29, 0.717) is 6.42 Å². The Hall–Kier alpha value is -0.0300. The van der Waals surface area contributed by atoms with Gasteiger partial charge in [-0.15, -0.1) is 24.8 Å². The Bertz CT molecular complexity index is 164. The third-order valence-electron chi connectivity index (χ3n) is 2.29. The molecule has 0 aliphatic carbocycles. The minimum atomic E-state index is -0.102. The molecule has 15 heavy (non-hydrogen) atoms. The third-order valence-corrected chi connectivity index (χ3v) is 2.29. The number of piperazine rings is 1. The first kappa shape index (κ1) is 17.4. The highest BCUT2D eigenvalue weighted by atomic mass is 35.5. The summed E-state index contributed by atoms with van der Waals surface area (Å²) in [4.78, 5) is 13.2. The molecule has 0 aromatic rings. The number of methoxy groups -OCH3 is 1. The zero-order chi connectivity index (χ0) is 9.52. The first-order valence-corrected chi connectivity index (χ1v) is 4.83. The zero-order valence-electron chi connectivity index (χ0n) is 9.03. The molecule has 0 atom stereocenters. The molecule has 1 saturated heterocycles. The van der Waals surface area contributed by atoms with Gasteiger partial charge in [-0.25, -0.2) is 0 Å². The number of ether oxygens (including phenoxy) is 1. The average molecular weight is 259 g/mol. The van der Waals surface area contributed by atoms with Crippen molar-refractivity contribution in [3.8, 4) is 0 Å². The second kappa shape index (κ2) is 10.5. The van der Waals surface area contributed by atoms with Crippen LogP contribution in [0.5, 0.6) is 0 Å². The minimum Gasteiger partial charge on any atom is -0.469 e. The summed E-state index contributed by atoms with van der Waals surface area (Å²) in [5, 5.41) is 3.29. The number of hydrogen-bond donors (Lipinski definition) is 1. The van der Waals surface area contributed by atoms with Crippen LogP contribution in [0.2, 0.25) is 0 Å². The lowest BCUT2D eigenvalue weighted by Gasteiger charge is -2.26. The van der Waals surface area contributed by atoms with Crippen LogP contribution >= 0.6 is 24.8 Å². The van der Waals surface area contributed by atoms with Crippen molar-refractivity contribution >= 4 is 30.8 Å². The van der Waals surface area contributed by atoms with Gasteiger partial charge in [0, 0.05) is 32.6 Å². The molecule has 1 fully saturated rings. The maximum atomic E-state index is 10.8. The van der Waals surface area contributed by atoms with Crippen molar-refractivity contribution in [2.45, 2.75) is 12.8 Å². The van der Waals surface area contributed by atoms with Crippen molar-refractivity contribution in [3.05, 3.63) is 0 Å². The van der Waals surface area contributed by atoms with Crippen molar-refractivity contribution in [2.75, 3.05) is 39.8 Å². The van der Waals surface area contributed by atoms with Crippen LogP contribution in [0.25, 0.3) is 0 Å². The van der Waals surface area contributed by atoms with E-state index in [-0.39, 0.29) is 30.8 Å². The molecule has 0 unspecified atom stereocenters. The van der Waals surface area contributed by atoms with E-state index in [0.717, 1.165) is 39.1 Å². The number of halogens is 2. The molecule has 0 bridgehead atoms. The van der Waals surface area contributed by atoms with Crippen LogP contribution in [-0.2, 0) is 9.53 Å². The Morgan fingerprint density at radius 3 is 2.47 bits per heavy atom. The molecular formula is C9H20Cl2N2O2. The lowest BCUT2D eigenvalue weighted by atomic mass is 10.2. The summed E-state index contributed by atoms with van der Waals surface area (Å²) in [5.41, 5.74) is 0. The fourth-order valence-electron chi connectivity index (χ4n) is 1.48. The summed E-state index contributed by atoms with van der Waals surface area (Å²) in [6.45, 7) is 5.34. The van der Waals surface area contributed by atoms with Crippen molar-refractivity contribution in [1.82, 2.24) is 10.2 Å². The van der Waals surface area contributed by atoms with Crippen LogP contribution in [-0.4, -0.2) is 50.7 Å². The average Bonchev–Trinajstić information content (AvgIpc) is 2.19. The SMILES string of the molecule is COC(=O)CCCN1CCNCC1.Cl.Cl. The molecule has 1 heterocycles. The predicted molar refractivity (Wildman–Crippen MR) is 65.1 cm³/mol. The first-order chi connectivity index (χ1) is 6.33. The van der Waals surface area contributed by atoms with Gasteiger partial charge in [-0.2, -0.15) is 0 Å². The van der Waals surface area contributed by atoms with Gasteiger partial charge in [0.25, 0.3) is 0 Å². The molecule has 1 rings (SSSR count). The Kier molecular flexibility index (Phi) is 12.1. The summed E-state index contributed by atoms with van der Waals surface area (Å²) in [7, 11) is 1.44. The number of esters is 1.